The van der Waals surface area contributed by atoms with Crippen molar-refractivity contribution in [3.8, 4) is 0 Å². The zero-order valence-corrected chi connectivity index (χ0v) is 13.4. The molecule has 0 unspecified atom stereocenters. The summed E-state index contributed by atoms with van der Waals surface area (Å²) in [6.45, 7) is 9.20. The second-order valence-electron chi connectivity index (χ2n) is 6.16. The molecule has 1 aromatic rings. The van der Waals surface area contributed by atoms with E-state index >= 15 is 0 Å². The highest BCUT2D eigenvalue weighted by molar-refractivity contribution is 5.93. The molecule has 1 rings (SSSR count). The molecule has 5 heteroatoms. The van der Waals surface area contributed by atoms with Crippen molar-refractivity contribution < 1.29 is 14.3 Å². The quantitative estimate of drug-likeness (QED) is 0.660. The maximum Gasteiger partial charge on any atom is 0.306 e. The predicted molar refractivity (Wildman–Crippen MR) is 84.0 cm³/mol. The Hall–Kier alpha value is -2.04. The largest absolute Gasteiger partial charge is 0.460 e. The summed E-state index contributed by atoms with van der Waals surface area (Å²) < 4.78 is 5.16. The molecule has 0 heterocycles. The first-order valence-electron chi connectivity index (χ1n) is 6.97. The molecule has 0 bridgehead atoms. The van der Waals surface area contributed by atoms with Gasteiger partial charge in [-0.1, -0.05) is 6.07 Å². The lowest BCUT2D eigenvalue weighted by molar-refractivity contribution is -0.155. The highest BCUT2D eigenvalue weighted by Crippen LogP contribution is 2.22. The molecule has 5 nitrogen and oxygen atoms in total. The lowest BCUT2D eigenvalue weighted by Crippen LogP contribution is -2.24. The first-order valence-corrected chi connectivity index (χ1v) is 6.97. The Morgan fingerprint density at radius 1 is 1.14 bits per heavy atom. The van der Waals surface area contributed by atoms with Crippen molar-refractivity contribution in [1.29, 1.82) is 0 Å². The van der Waals surface area contributed by atoms with E-state index in [1.165, 1.54) is 0 Å². The van der Waals surface area contributed by atoms with Gasteiger partial charge in [0.25, 0.3) is 0 Å². The number of nitrogen functional groups attached to an aromatic ring is 1. The number of hydrogen-bond donors (Lipinski definition) is 2. The number of amides is 1. The third-order valence-corrected chi connectivity index (χ3v) is 2.86. The van der Waals surface area contributed by atoms with Crippen molar-refractivity contribution in [3.05, 3.63) is 23.3 Å². The van der Waals surface area contributed by atoms with E-state index in [0.717, 1.165) is 11.1 Å². The Morgan fingerprint density at radius 2 is 1.76 bits per heavy atom. The minimum absolute atomic E-state index is 0.0590. The molecule has 3 N–H and O–H groups in total. The number of nitrogens with one attached hydrogen (secondary N) is 1. The molecule has 0 aliphatic rings. The Bertz CT molecular complexity index is 545. The Morgan fingerprint density at radius 3 is 2.33 bits per heavy atom. The standard InChI is InChI=1S/C16H24N2O3/c1-10-8-11(2)13(9-12(10)17)18-14(19)6-7-15(20)21-16(3,4)5/h8-9H,6-7,17H2,1-5H3,(H,18,19). The van der Waals surface area contributed by atoms with Crippen LogP contribution in [-0.2, 0) is 14.3 Å². The van der Waals surface area contributed by atoms with Crippen molar-refractivity contribution in [2.24, 2.45) is 0 Å². The van der Waals surface area contributed by atoms with Crippen LogP contribution in [0.25, 0.3) is 0 Å². The summed E-state index contributed by atoms with van der Waals surface area (Å²) in [5, 5.41) is 2.77. The van der Waals surface area contributed by atoms with Crippen LogP contribution in [0.1, 0.15) is 44.7 Å². The number of ether oxygens (including phenoxy) is 1. The zero-order valence-electron chi connectivity index (χ0n) is 13.4. The molecule has 0 aliphatic carbocycles. The molecule has 0 fully saturated rings. The van der Waals surface area contributed by atoms with Gasteiger partial charge in [0.2, 0.25) is 5.91 Å². The fourth-order valence-corrected chi connectivity index (χ4v) is 1.82. The van der Waals surface area contributed by atoms with Gasteiger partial charge in [-0.05, 0) is 51.8 Å². The molecule has 0 aromatic heterocycles. The van der Waals surface area contributed by atoms with Gasteiger partial charge in [-0.15, -0.1) is 0 Å². The van der Waals surface area contributed by atoms with Crippen LogP contribution in [0.2, 0.25) is 0 Å². The SMILES string of the molecule is Cc1cc(C)c(NC(=O)CCC(=O)OC(C)(C)C)cc1N. The van der Waals surface area contributed by atoms with E-state index in [4.69, 9.17) is 10.5 Å². The van der Waals surface area contributed by atoms with Gasteiger partial charge in [0, 0.05) is 17.8 Å². The molecule has 0 aliphatic heterocycles. The number of benzene rings is 1. The first-order chi connectivity index (χ1) is 9.58. The van der Waals surface area contributed by atoms with Gasteiger partial charge in [-0.3, -0.25) is 9.59 Å². The van der Waals surface area contributed by atoms with Crippen LogP contribution < -0.4 is 11.1 Å². The van der Waals surface area contributed by atoms with E-state index in [0.29, 0.717) is 11.4 Å². The second kappa shape index (κ2) is 6.61. The Labute approximate surface area is 125 Å². The van der Waals surface area contributed by atoms with Gasteiger partial charge >= 0.3 is 5.97 Å². The molecule has 0 radical (unpaired) electrons. The van der Waals surface area contributed by atoms with E-state index in [9.17, 15) is 9.59 Å². The Balaban J connectivity index is 2.55. The number of hydrogen-bond acceptors (Lipinski definition) is 4. The van der Waals surface area contributed by atoms with Crippen LogP contribution in [0.15, 0.2) is 12.1 Å². The summed E-state index contributed by atoms with van der Waals surface area (Å²) in [4.78, 5) is 23.4. The summed E-state index contributed by atoms with van der Waals surface area (Å²) in [7, 11) is 0. The smallest absolute Gasteiger partial charge is 0.306 e. The number of esters is 1. The molecule has 0 spiro atoms. The van der Waals surface area contributed by atoms with Crippen molar-refractivity contribution in [3.63, 3.8) is 0 Å². The van der Waals surface area contributed by atoms with Crippen molar-refractivity contribution >= 4 is 23.3 Å². The number of carbonyl (C=O) groups is 2. The lowest BCUT2D eigenvalue weighted by atomic mass is 10.1. The topological polar surface area (TPSA) is 81.4 Å². The molecule has 0 saturated carbocycles. The van der Waals surface area contributed by atoms with E-state index in [1.807, 2.05) is 19.9 Å². The van der Waals surface area contributed by atoms with Crippen LogP contribution in [0.5, 0.6) is 0 Å². The van der Waals surface area contributed by atoms with Gasteiger partial charge in [0.1, 0.15) is 5.60 Å². The van der Waals surface area contributed by atoms with Gasteiger partial charge in [0.05, 0.1) is 6.42 Å². The fourth-order valence-electron chi connectivity index (χ4n) is 1.82. The third-order valence-electron chi connectivity index (χ3n) is 2.86. The highest BCUT2D eigenvalue weighted by Gasteiger charge is 2.17. The summed E-state index contributed by atoms with van der Waals surface area (Å²) >= 11 is 0. The van der Waals surface area contributed by atoms with Crippen LogP contribution >= 0.6 is 0 Å². The molecule has 1 aromatic carbocycles. The monoisotopic (exact) mass is 292 g/mol. The third kappa shape index (κ3) is 5.85. The Kier molecular flexibility index (Phi) is 5.35. The van der Waals surface area contributed by atoms with E-state index in [1.54, 1.807) is 26.8 Å². The number of aryl methyl sites for hydroxylation is 2. The van der Waals surface area contributed by atoms with Gasteiger partial charge in [0.15, 0.2) is 0 Å². The van der Waals surface area contributed by atoms with Gasteiger partial charge < -0.3 is 15.8 Å². The number of anilines is 2. The van der Waals surface area contributed by atoms with Crippen LogP contribution in [0.4, 0.5) is 11.4 Å². The summed E-state index contributed by atoms with van der Waals surface area (Å²) in [5.41, 5.74) is 8.51. The van der Waals surface area contributed by atoms with Crippen molar-refractivity contribution in [2.45, 2.75) is 53.1 Å². The number of nitrogens with two attached hydrogens (primary N) is 1. The molecule has 0 atom stereocenters. The molecule has 21 heavy (non-hydrogen) atoms. The number of rotatable bonds is 4. The predicted octanol–water partition coefficient (Wildman–Crippen LogP) is 2.95. The summed E-state index contributed by atoms with van der Waals surface area (Å²) in [5.74, 6) is -0.606. The maximum absolute atomic E-state index is 11.9. The van der Waals surface area contributed by atoms with Crippen LogP contribution in [0, 0.1) is 13.8 Å². The highest BCUT2D eigenvalue weighted by atomic mass is 16.6. The summed E-state index contributed by atoms with van der Waals surface area (Å²) in [6, 6.07) is 3.65. The van der Waals surface area contributed by atoms with Crippen LogP contribution in [-0.4, -0.2) is 17.5 Å². The molecular weight excluding hydrogens is 268 g/mol. The normalized spacial score (nSPS) is 11.1. The van der Waals surface area contributed by atoms with Crippen molar-refractivity contribution in [1.82, 2.24) is 0 Å². The van der Waals surface area contributed by atoms with Crippen molar-refractivity contribution in [2.75, 3.05) is 11.1 Å². The van der Waals surface area contributed by atoms with Gasteiger partial charge in [-0.25, -0.2) is 0 Å². The molecule has 116 valence electrons. The second-order valence-corrected chi connectivity index (χ2v) is 6.16. The number of carbonyl (C=O) groups excluding carboxylic acids is 2. The van der Waals surface area contributed by atoms with Crippen LogP contribution in [0.3, 0.4) is 0 Å². The molecule has 1 amide bonds. The minimum atomic E-state index is -0.532. The minimum Gasteiger partial charge on any atom is -0.460 e. The van der Waals surface area contributed by atoms with Gasteiger partial charge in [-0.2, -0.15) is 0 Å². The maximum atomic E-state index is 11.9. The average Bonchev–Trinajstić information content (AvgIpc) is 2.31. The summed E-state index contributed by atoms with van der Waals surface area (Å²) in [6.07, 6.45) is 0.144. The first kappa shape index (κ1) is 17.0. The fraction of sp³-hybridized carbons (Fsp3) is 0.500. The molecular formula is C16H24N2O3. The zero-order chi connectivity index (χ0) is 16.2. The lowest BCUT2D eigenvalue weighted by Gasteiger charge is -2.19. The van der Waals surface area contributed by atoms with E-state index < -0.39 is 5.60 Å². The average molecular weight is 292 g/mol. The van der Waals surface area contributed by atoms with E-state index in [-0.39, 0.29) is 24.7 Å². The molecule has 0 saturated heterocycles. The van der Waals surface area contributed by atoms with E-state index in [2.05, 4.69) is 5.32 Å².